The van der Waals surface area contributed by atoms with Crippen molar-refractivity contribution in [3.8, 4) is 11.6 Å². The van der Waals surface area contributed by atoms with Gasteiger partial charge < -0.3 is 4.74 Å². The summed E-state index contributed by atoms with van der Waals surface area (Å²) in [7, 11) is 0. The molecule has 0 radical (unpaired) electrons. The molecule has 0 spiro atoms. The number of benzene rings is 1. The number of aryl methyl sites for hydroxylation is 1. The molecule has 0 saturated carbocycles. The molecule has 1 aromatic heterocycles. The average molecular weight is 220 g/mol. The van der Waals surface area contributed by atoms with Gasteiger partial charge in [0.2, 0.25) is 5.88 Å². The van der Waals surface area contributed by atoms with Crippen LogP contribution < -0.4 is 4.74 Å². The Morgan fingerprint density at radius 3 is 2.53 bits per heavy atom. The minimum Gasteiger partial charge on any atom is -0.439 e. The molecule has 2 nitrogen and oxygen atoms in total. The van der Waals surface area contributed by atoms with Gasteiger partial charge in [0.25, 0.3) is 0 Å². The quantitative estimate of drug-likeness (QED) is 0.766. The molecule has 15 heavy (non-hydrogen) atoms. The molecule has 0 bridgehead atoms. The molecule has 2 aromatic rings. The fraction of sp³-hybridized carbons (Fsp3) is 0.0833. The van der Waals surface area contributed by atoms with E-state index in [-0.39, 0.29) is 0 Å². The summed E-state index contributed by atoms with van der Waals surface area (Å²) in [6.07, 6.45) is 1.71. The lowest BCUT2D eigenvalue weighted by molar-refractivity contribution is 0.459. The topological polar surface area (TPSA) is 22.1 Å². The first kappa shape index (κ1) is 9.99. The van der Waals surface area contributed by atoms with Crippen LogP contribution in [0, 0.1) is 6.92 Å². The Labute approximate surface area is 93.5 Å². The molecule has 2 rings (SSSR count). The van der Waals surface area contributed by atoms with Crippen LogP contribution in [0.25, 0.3) is 0 Å². The fourth-order valence-corrected chi connectivity index (χ4v) is 1.32. The van der Waals surface area contributed by atoms with Gasteiger partial charge in [-0.15, -0.1) is 0 Å². The van der Waals surface area contributed by atoms with E-state index in [9.17, 15) is 0 Å². The monoisotopic (exact) mass is 219 g/mol. The fourth-order valence-electron chi connectivity index (χ4n) is 1.19. The van der Waals surface area contributed by atoms with Crippen LogP contribution in [0.2, 0.25) is 5.02 Å². The lowest BCUT2D eigenvalue weighted by Gasteiger charge is -2.06. The summed E-state index contributed by atoms with van der Waals surface area (Å²) in [4.78, 5) is 4.14. The molecule has 0 unspecified atom stereocenters. The summed E-state index contributed by atoms with van der Waals surface area (Å²) in [5.41, 5.74) is 1.01. The molecule has 0 N–H and O–H groups in total. The Bertz CT molecular complexity index is 453. The summed E-state index contributed by atoms with van der Waals surface area (Å²) < 4.78 is 5.59. The predicted octanol–water partition coefficient (Wildman–Crippen LogP) is 3.84. The van der Waals surface area contributed by atoms with E-state index in [4.69, 9.17) is 16.3 Å². The van der Waals surface area contributed by atoms with Gasteiger partial charge in [-0.1, -0.05) is 17.7 Å². The van der Waals surface area contributed by atoms with Gasteiger partial charge in [0.1, 0.15) is 5.75 Å². The largest absolute Gasteiger partial charge is 0.439 e. The van der Waals surface area contributed by atoms with Crippen molar-refractivity contribution in [1.82, 2.24) is 4.98 Å². The first-order chi connectivity index (χ1) is 7.25. The highest BCUT2D eigenvalue weighted by Gasteiger charge is 2.01. The molecule has 0 saturated heterocycles. The maximum absolute atomic E-state index is 5.77. The van der Waals surface area contributed by atoms with Gasteiger partial charge in [-0.2, -0.15) is 0 Å². The number of ether oxygens (including phenoxy) is 1. The van der Waals surface area contributed by atoms with Gasteiger partial charge in [-0.05, 0) is 37.3 Å². The normalized spacial score (nSPS) is 10.0. The van der Waals surface area contributed by atoms with Crippen LogP contribution >= 0.6 is 11.6 Å². The highest BCUT2D eigenvalue weighted by atomic mass is 35.5. The second kappa shape index (κ2) is 4.32. The zero-order valence-corrected chi connectivity index (χ0v) is 9.03. The number of nitrogens with zero attached hydrogens (tertiary/aromatic N) is 1. The van der Waals surface area contributed by atoms with Crippen molar-refractivity contribution in [2.24, 2.45) is 0 Å². The van der Waals surface area contributed by atoms with E-state index in [1.54, 1.807) is 18.3 Å². The number of halogens is 1. The van der Waals surface area contributed by atoms with E-state index in [0.29, 0.717) is 10.9 Å². The van der Waals surface area contributed by atoms with Crippen LogP contribution in [0.1, 0.15) is 5.56 Å². The molecular formula is C12H10ClNO. The first-order valence-corrected chi connectivity index (χ1v) is 4.98. The molecule has 0 aliphatic carbocycles. The molecule has 76 valence electrons. The lowest BCUT2D eigenvalue weighted by Crippen LogP contribution is -1.89. The molecule has 3 heteroatoms. The van der Waals surface area contributed by atoms with E-state index in [1.807, 2.05) is 31.2 Å². The summed E-state index contributed by atoms with van der Waals surface area (Å²) in [6.45, 7) is 1.96. The van der Waals surface area contributed by atoms with Crippen molar-refractivity contribution in [2.45, 2.75) is 6.92 Å². The van der Waals surface area contributed by atoms with Gasteiger partial charge in [-0.25, -0.2) is 4.98 Å². The molecule has 0 aliphatic heterocycles. The summed E-state index contributed by atoms with van der Waals surface area (Å²) in [5, 5.41) is 0.695. The summed E-state index contributed by atoms with van der Waals surface area (Å²) >= 11 is 5.77. The number of hydrogen-bond acceptors (Lipinski definition) is 2. The summed E-state index contributed by atoms with van der Waals surface area (Å²) in [5.74, 6) is 1.36. The molecule has 0 aliphatic rings. The van der Waals surface area contributed by atoms with Crippen LogP contribution in [0.15, 0.2) is 42.6 Å². The SMILES string of the molecule is Cc1cccnc1Oc1ccc(Cl)cc1. The third-order valence-electron chi connectivity index (χ3n) is 1.99. The average Bonchev–Trinajstić information content (AvgIpc) is 2.25. The Hall–Kier alpha value is -1.54. The zero-order valence-electron chi connectivity index (χ0n) is 8.27. The Balaban J connectivity index is 2.22. The van der Waals surface area contributed by atoms with E-state index < -0.39 is 0 Å². The number of pyridine rings is 1. The van der Waals surface area contributed by atoms with E-state index >= 15 is 0 Å². The zero-order chi connectivity index (χ0) is 10.7. The molecule has 1 aromatic carbocycles. The standard InChI is InChI=1S/C12H10ClNO/c1-9-3-2-8-14-12(9)15-11-6-4-10(13)5-7-11/h2-8H,1H3. The van der Waals surface area contributed by atoms with Crippen molar-refractivity contribution in [1.29, 1.82) is 0 Å². The maximum atomic E-state index is 5.77. The second-order valence-corrected chi connectivity index (χ2v) is 3.62. The van der Waals surface area contributed by atoms with Crippen LogP contribution in [0.4, 0.5) is 0 Å². The highest BCUT2D eigenvalue weighted by molar-refractivity contribution is 6.30. The van der Waals surface area contributed by atoms with Gasteiger partial charge in [0.15, 0.2) is 0 Å². The van der Waals surface area contributed by atoms with Crippen molar-refractivity contribution in [2.75, 3.05) is 0 Å². The predicted molar refractivity (Wildman–Crippen MR) is 60.5 cm³/mol. The van der Waals surface area contributed by atoms with Crippen LogP contribution in [0.5, 0.6) is 11.6 Å². The number of aromatic nitrogens is 1. The number of rotatable bonds is 2. The van der Waals surface area contributed by atoms with Crippen LogP contribution in [-0.4, -0.2) is 4.98 Å². The van der Waals surface area contributed by atoms with Gasteiger partial charge >= 0.3 is 0 Å². The van der Waals surface area contributed by atoms with E-state index in [0.717, 1.165) is 11.3 Å². The molecule has 0 atom stereocenters. The molecular weight excluding hydrogens is 210 g/mol. The smallest absolute Gasteiger partial charge is 0.222 e. The Morgan fingerprint density at radius 2 is 1.87 bits per heavy atom. The van der Waals surface area contributed by atoms with Crippen molar-refractivity contribution >= 4 is 11.6 Å². The van der Waals surface area contributed by atoms with Gasteiger partial charge in [0, 0.05) is 16.8 Å². The van der Waals surface area contributed by atoms with E-state index in [1.165, 1.54) is 0 Å². The minimum atomic E-state index is 0.625. The van der Waals surface area contributed by atoms with Crippen molar-refractivity contribution < 1.29 is 4.74 Å². The van der Waals surface area contributed by atoms with E-state index in [2.05, 4.69) is 4.98 Å². The highest BCUT2D eigenvalue weighted by Crippen LogP contribution is 2.23. The second-order valence-electron chi connectivity index (χ2n) is 3.18. The molecule has 0 fully saturated rings. The van der Waals surface area contributed by atoms with Gasteiger partial charge in [0.05, 0.1) is 0 Å². The van der Waals surface area contributed by atoms with Crippen LogP contribution in [-0.2, 0) is 0 Å². The number of hydrogen-bond donors (Lipinski definition) is 0. The third kappa shape index (κ3) is 2.48. The first-order valence-electron chi connectivity index (χ1n) is 4.61. The molecule has 1 heterocycles. The van der Waals surface area contributed by atoms with Gasteiger partial charge in [-0.3, -0.25) is 0 Å². The maximum Gasteiger partial charge on any atom is 0.222 e. The lowest BCUT2D eigenvalue weighted by atomic mass is 10.3. The van der Waals surface area contributed by atoms with Crippen molar-refractivity contribution in [3.05, 3.63) is 53.2 Å². The summed E-state index contributed by atoms with van der Waals surface area (Å²) in [6, 6.07) is 11.0. The third-order valence-corrected chi connectivity index (χ3v) is 2.24. The Morgan fingerprint density at radius 1 is 1.13 bits per heavy atom. The van der Waals surface area contributed by atoms with Crippen LogP contribution in [0.3, 0.4) is 0 Å². The molecule has 0 amide bonds. The van der Waals surface area contributed by atoms with Crippen molar-refractivity contribution in [3.63, 3.8) is 0 Å². The minimum absolute atomic E-state index is 0.625. The Kier molecular flexibility index (Phi) is 2.88.